The number of hydrogen-bond donors (Lipinski definition) is 1. The second-order valence-electron chi connectivity index (χ2n) is 4.34. The van der Waals surface area contributed by atoms with Crippen molar-refractivity contribution in [1.82, 2.24) is 0 Å². The maximum Gasteiger partial charge on any atom is 0.296 e. The standard InChI is InChI=1S/C14H8N2O4S/c17-13-11-6-5-10(7-12(11)15-14(13)18)21-9-3-1-8(2-4-9)16(19)20/h1-7H,(H,15,17,18). The zero-order valence-electron chi connectivity index (χ0n) is 10.5. The lowest BCUT2D eigenvalue weighted by molar-refractivity contribution is -0.384. The van der Waals surface area contributed by atoms with Crippen LogP contribution < -0.4 is 5.32 Å². The summed E-state index contributed by atoms with van der Waals surface area (Å²) in [6, 6.07) is 11.2. The van der Waals surface area contributed by atoms with Crippen LogP contribution in [0.4, 0.5) is 11.4 Å². The summed E-state index contributed by atoms with van der Waals surface area (Å²) in [7, 11) is 0. The van der Waals surface area contributed by atoms with E-state index in [-0.39, 0.29) is 5.69 Å². The van der Waals surface area contributed by atoms with Gasteiger partial charge in [-0.1, -0.05) is 11.8 Å². The van der Waals surface area contributed by atoms with Crippen molar-refractivity contribution >= 4 is 34.8 Å². The van der Waals surface area contributed by atoms with Crippen molar-refractivity contribution in [2.24, 2.45) is 0 Å². The highest BCUT2D eigenvalue weighted by Gasteiger charge is 2.27. The molecule has 0 spiro atoms. The average molecular weight is 300 g/mol. The molecule has 0 aliphatic carbocycles. The minimum Gasteiger partial charge on any atom is -0.318 e. The Balaban J connectivity index is 1.83. The normalized spacial score (nSPS) is 13.0. The van der Waals surface area contributed by atoms with Gasteiger partial charge in [-0.15, -0.1) is 0 Å². The van der Waals surface area contributed by atoms with Crippen LogP contribution >= 0.6 is 11.8 Å². The molecule has 1 N–H and O–H groups in total. The number of hydrogen-bond acceptors (Lipinski definition) is 5. The van der Waals surface area contributed by atoms with E-state index in [0.717, 1.165) is 9.79 Å². The second-order valence-corrected chi connectivity index (χ2v) is 5.49. The fraction of sp³-hybridized carbons (Fsp3) is 0. The van der Waals surface area contributed by atoms with Gasteiger partial charge in [-0.05, 0) is 30.3 Å². The van der Waals surface area contributed by atoms with Gasteiger partial charge in [-0.2, -0.15) is 0 Å². The largest absolute Gasteiger partial charge is 0.318 e. The summed E-state index contributed by atoms with van der Waals surface area (Å²) in [4.78, 5) is 34.5. The molecule has 1 aliphatic rings. The fourth-order valence-electron chi connectivity index (χ4n) is 1.96. The average Bonchev–Trinajstić information content (AvgIpc) is 2.74. The van der Waals surface area contributed by atoms with Gasteiger partial charge < -0.3 is 5.32 Å². The van der Waals surface area contributed by atoms with E-state index in [1.165, 1.54) is 23.9 Å². The first-order valence-electron chi connectivity index (χ1n) is 5.96. The number of carbonyl (C=O) groups is 2. The third-order valence-electron chi connectivity index (χ3n) is 2.97. The maximum atomic E-state index is 11.5. The van der Waals surface area contributed by atoms with Gasteiger partial charge in [0.05, 0.1) is 16.2 Å². The minimum absolute atomic E-state index is 0.0335. The molecule has 6 nitrogen and oxygen atoms in total. The zero-order chi connectivity index (χ0) is 15.0. The summed E-state index contributed by atoms with van der Waals surface area (Å²) >= 11 is 1.39. The molecular formula is C14H8N2O4S. The molecule has 0 fully saturated rings. The first-order valence-corrected chi connectivity index (χ1v) is 6.78. The summed E-state index contributed by atoms with van der Waals surface area (Å²) in [5.41, 5.74) is 0.899. The van der Waals surface area contributed by atoms with Crippen molar-refractivity contribution in [1.29, 1.82) is 0 Å². The Morgan fingerprint density at radius 3 is 2.33 bits per heavy atom. The van der Waals surface area contributed by atoms with Gasteiger partial charge in [0, 0.05) is 21.9 Å². The van der Waals surface area contributed by atoms with Crippen molar-refractivity contribution < 1.29 is 14.5 Å². The van der Waals surface area contributed by atoms with Gasteiger partial charge in [0.15, 0.2) is 0 Å². The number of nitrogens with one attached hydrogen (secondary N) is 1. The molecule has 2 aromatic carbocycles. The lowest BCUT2D eigenvalue weighted by Crippen LogP contribution is -2.12. The molecule has 0 atom stereocenters. The molecule has 104 valence electrons. The molecule has 1 amide bonds. The van der Waals surface area contributed by atoms with Crippen LogP contribution in [0.1, 0.15) is 10.4 Å². The Bertz CT molecular complexity index is 771. The number of non-ortho nitro benzene ring substituents is 1. The molecule has 1 aliphatic heterocycles. The Morgan fingerprint density at radius 2 is 1.67 bits per heavy atom. The number of anilines is 1. The summed E-state index contributed by atoms with van der Waals surface area (Å²) in [5.74, 6) is -1.15. The number of benzene rings is 2. The molecule has 2 aromatic rings. The van der Waals surface area contributed by atoms with Crippen molar-refractivity contribution in [3.8, 4) is 0 Å². The summed E-state index contributed by atoms with van der Waals surface area (Å²) < 4.78 is 0. The van der Waals surface area contributed by atoms with Crippen LogP contribution in [-0.4, -0.2) is 16.6 Å². The Hall–Kier alpha value is -2.67. The summed E-state index contributed by atoms with van der Waals surface area (Å²) in [6.45, 7) is 0. The number of nitrogens with zero attached hydrogens (tertiary/aromatic N) is 1. The summed E-state index contributed by atoms with van der Waals surface area (Å²) in [5, 5.41) is 13.1. The van der Waals surface area contributed by atoms with E-state index in [0.29, 0.717) is 11.3 Å². The van der Waals surface area contributed by atoms with Crippen molar-refractivity contribution in [3.63, 3.8) is 0 Å². The van der Waals surface area contributed by atoms with Gasteiger partial charge in [0.25, 0.3) is 17.4 Å². The molecular weight excluding hydrogens is 292 g/mol. The first-order chi connectivity index (χ1) is 10.0. The molecule has 21 heavy (non-hydrogen) atoms. The van der Waals surface area contributed by atoms with Crippen LogP contribution in [0, 0.1) is 10.1 Å². The Labute approximate surface area is 123 Å². The Morgan fingerprint density at radius 1 is 1.00 bits per heavy atom. The number of nitro benzene ring substituents is 1. The van der Waals surface area contributed by atoms with E-state index < -0.39 is 16.6 Å². The van der Waals surface area contributed by atoms with Crippen LogP contribution in [0.15, 0.2) is 52.3 Å². The van der Waals surface area contributed by atoms with E-state index in [9.17, 15) is 19.7 Å². The molecule has 1 heterocycles. The lowest BCUT2D eigenvalue weighted by atomic mass is 10.1. The highest BCUT2D eigenvalue weighted by Crippen LogP contribution is 2.33. The molecule has 0 unspecified atom stereocenters. The minimum atomic E-state index is -0.623. The second kappa shape index (κ2) is 5.02. The van der Waals surface area contributed by atoms with E-state index >= 15 is 0 Å². The van der Waals surface area contributed by atoms with Gasteiger partial charge >= 0.3 is 0 Å². The van der Waals surface area contributed by atoms with Gasteiger partial charge in [-0.3, -0.25) is 19.7 Å². The van der Waals surface area contributed by atoms with Crippen LogP contribution in [0.3, 0.4) is 0 Å². The summed E-state index contributed by atoms with van der Waals surface area (Å²) in [6.07, 6.45) is 0. The maximum absolute atomic E-state index is 11.5. The topological polar surface area (TPSA) is 89.3 Å². The number of nitro groups is 1. The van der Waals surface area contributed by atoms with Gasteiger partial charge in [-0.25, -0.2) is 0 Å². The van der Waals surface area contributed by atoms with Gasteiger partial charge in [0.1, 0.15) is 0 Å². The molecule has 3 rings (SSSR count). The SMILES string of the molecule is O=C1Nc2cc(Sc3ccc([N+](=O)[O-])cc3)ccc2C1=O. The quantitative estimate of drug-likeness (QED) is 0.535. The number of fused-ring (bicyclic) bond motifs is 1. The highest BCUT2D eigenvalue weighted by atomic mass is 32.2. The first kappa shape index (κ1) is 13.3. The number of carbonyl (C=O) groups excluding carboxylic acids is 2. The molecule has 7 heteroatoms. The Kier molecular flexibility index (Phi) is 3.19. The predicted molar refractivity (Wildman–Crippen MR) is 76.6 cm³/mol. The van der Waals surface area contributed by atoms with E-state index in [1.807, 2.05) is 0 Å². The molecule has 0 bridgehead atoms. The van der Waals surface area contributed by atoms with Gasteiger partial charge in [0.2, 0.25) is 0 Å². The van der Waals surface area contributed by atoms with Crippen molar-refractivity contribution in [2.75, 3.05) is 5.32 Å². The monoisotopic (exact) mass is 300 g/mol. The van der Waals surface area contributed by atoms with Crippen LogP contribution in [-0.2, 0) is 4.79 Å². The number of rotatable bonds is 3. The highest BCUT2D eigenvalue weighted by molar-refractivity contribution is 7.99. The lowest BCUT2D eigenvalue weighted by Gasteiger charge is -2.03. The molecule has 0 radical (unpaired) electrons. The molecule has 0 saturated carbocycles. The van der Waals surface area contributed by atoms with Crippen LogP contribution in [0.2, 0.25) is 0 Å². The number of Topliss-reactive ketones (excluding diaryl/α,β-unsaturated/α-hetero) is 1. The van der Waals surface area contributed by atoms with Crippen molar-refractivity contribution in [3.05, 3.63) is 58.1 Å². The number of ketones is 1. The van der Waals surface area contributed by atoms with E-state index in [4.69, 9.17) is 0 Å². The molecule has 0 saturated heterocycles. The number of amides is 1. The fourth-order valence-corrected chi connectivity index (χ4v) is 2.82. The third kappa shape index (κ3) is 2.50. The van der Waals surface area contributed by atoms with Crippen molar-refractivity contribution in [2.45, 2.75) is 9.79 Å². The van der Waals surface area contributed by atoms with E-state index in [2.05, 4.69) is 5.32 Å². The zero-order valence-corrected chi connectivity index (χ0v) is 11.3. The van der Waals surface area contributed by atoms with Crippen LogP contribution in [0.25, 0.3) is 0 Å². The van der Waals surface area contributed by atoms with Crippen LogP contribution in [0.5, 0.6) is 0 Å². The predicted octanol–water partition coefficient (Wildman–Crippen LogP) is 2.88. The molecule has 0 aromatic heterocycles. The third-order valence-corrected chi connectivity index (χ3v) is 3.97. The van der Waals surface area contributed by atoms with E-state index in [1.54, 1.807) is 30.3 Å². The smallest absolute Gasteiger partial charge is 0.296 e.